The lowest BCUT2D eigenvalue weighted by Crippen LogP contribution is -2.26. The topological polar surface area (TPSA) is 85.8 Å². The molecule has 1 N–H and O–H groups in total. The second-order valence-corrected chi connectivity index (χ2v) is 7.98. The number of nitrogens with zero attached hydrogens (tertiary/aromatic N) is 5. The third-order valence-electron chi connectivity index (χ3n) is 5.29. The quantitative estimate of drug-likeness (QED) is 0.549. The van der Waals surface area contributed by atoms with Gasteiger partial charge in [0.2, 0.25) is 0 Å². The Labute approximate surface area is 161 Å². The average Bonchev–Trinajstić information content (AvgIpc) is 3.16. The van der Waals surface area contributed by atoms with E-state index in [1.54, 1.807) is 15.6 Å². The van der Waals surface area contributed by atoms with Gasteiger partial charge < -0.3 is 5.11 Å². The summed E-state index contributed by atoms with van der Waals surface area (Å²) in [4.78, 5) is 26.6. The van der Waals surface area contributed by atoms with Gasteiger partial charge in [0.05, 0.1) is 5.69 Å². The summed E-state index contributed by atoms with van der Waals surface area (Å²) in [6.45, 7) is 5.88. The number of rotatable bonds is 4. The number of hydrogen-bond donors (Lipinski definition) is 1. The van der Waals surface area contributed by atoms with Crippen LogP contribution in [0, 0.1) is 0 Å². The van der Waals surface area contributed by atoms with Gasteiger partial charge in [0, 0.05) is 12.2 Å². The molecule has 3 aromatic heterocycles. The van der Waals surface area contributed by atoms with E-state index in [0.29, 0.717) is 40.5 Å². The molecule has 0 aromatic carbocycles. The predicted octanol–water partition coefficient (Wildman–Crippen LogP) is 2.82. The second kappa shape index (κ2) is 6.45. The van der Waals surface area contributed by atoms with Gasteiger partial charge in [-0.2, -0.15) is 0 Å². The van der Waals surface area contributed by atoms with Crippen LogP contribution in [0.25, 0.3) is 16.9 Å². The van der Waals surface area contributed by atoms with Gasteiger partial charge in [-0.15, -0.1) is 0 Å². The molecule has 0 saturated carbocycles. The van der Waals surface area contributed by atoms with Crippen LogP contribution in [0.1, 0.15) is 50.9 Å². The summed E-state index contributed by atoms with van der Waals surface area (Å²) < 4.78 is 3.41. The summed E-state index contributed by atoms with van der Waals surface area (Å²) in [6, 6.07) is 3.83. The standard InChI is InChI=1S/C19H23N5O2S/c1-5-19(26)9-8-12-6-7-14(21-15(12)19)24-16-13(10-20-18(22-16)27-4)17(25)23(24)11(2)3/h6-7,10-11,26H,5,8-9H2,1-4H3/t19-/m0/s1. The van der Waals surface area contributed by atoms with Gasteiger partial charge in [0.1, 0.15) is 11.0 Å². The van der Waals surface area contributed by atoms with Gasteiger partial charge in [-0.3, -0.25) is 4.79 Å². The van der Waals surface area contributed by atoms with Gasteiger partial charge in [0.25, 0.3) is 5.56 Å². The minimum Gasteiger partial charge on any atom is -0.384 e. The summed E-state index contributed by atoms with van der Waals surface area (Å²) in [5.41, 5.74) is 1.28. The van der Waals surface area contributed by atoms with Crippen LogP contribution < -0.4 is 5.56 Å². The normalized spacial score (nSPS) is 19.2. The van der Waals surface area contributed by atoms with E-state index in [-0.39, 0.29) is 11.6 Å². The summed E-state index contributed by atoms with van der Waals surface area (Å²) in [5, 5.41) is 12.0. The van der Waals surface area contributed by atoms with Gasteiger partial charge in [-0.25, -0.2) is 24.3 Å². The van der Waals surface area contributed by atoms with Crippen LogP contribution in [0.2, 0.25) is 0 Å². The summed E-state index contributed by atoms with van der Waals surface area (Å²) >= 11 is 1.43. The van der Waals surface area contributed by atoms with Crippen LogP contribution in [0.4, 0.5) is 0 Å². The number of hydrogen-bond acceptors (Lipinski definition) is 6. The Morgan fingerprint density at radius 1 is 1.33 bits per heavy atom. The Hall–Kier alpha value is -2.19. The van der Waals surface area contributed by atoms with E-state index in [0.717, 1.165) is 12.0 Å². The van der Waals surface area contributed by atoms with Crippen LogP contribution >= 0.6 is 11.8 Å². The summed E-state index contributed by atoms with van der Waals surface area (Å²) in [7, 11) is 0. The molecule has 7 nitrogen and oxygen atoms in total. The number of aliphatic hydroxyl groups is 1. The highest BCUT2D eigenvalue weighted by Gasteiger charge is 2.37. The lowest BCUT2D eigenvalue weighted by atomic mass is 9.98. The Morgan fingerprint density at radius 2 is 2.11 bits per heavy atom. The molecule has 0 aliphatic heterocycles. The van der Waals surface area contributed by atoms with Crippen molar-refractivity contribution in [3.63, 3.8) is 0 Å². The van der Waals surface area contributed by atoms with Crippen LogP contribution in [-0.4, -0.2) is 35.7 Å². The van der Waals surface area contributed by atoms with Crippen molar-refractivity contribution in [3.8, 4) is 5.82 Å². The zero-order chi connectivity index (χ0) is 19.3. The van der Waals surface area contributed by atoms with Crippen LogP contribution in [0.3, 0.4) is 0 Å². The Bertz CT molecular complexity index is 1090. The van der Waals surface area contributed by atoms with Crippen molar-refractivity contribution in [2.75, 3.05) is 6.26 Å². The predicted molar refractivity (Wildman–Crippen MR) is 106 cm³/mol. The fourth-order valence-corrected chi connectivity index (χ4v) is 4.11. The molecular formula is C19H23N5O2S. The molecule has 0 bridgehead atoms. The van der Waals surface area contributed by atoms with Gasteiger partial charge in [0.15, 0.2) is 16.6 Å². The largest absolute Gasteiger partial charge is 0.384 e. The first-order chi connectivity index (χ1) is 12.9. The van der Waals surface area contributed by atoms with E-state index in [1.807, 2.05) is 39.2 Å². The maximum absolute atomic E-state index is 13.0. The van der Waals surface area contributed by atoms with E-state index in [1.165, 1.54) is 11.8 Å². The third kappa shape index (κ3) is 2.70. The van der Waals surface area contributed by atoms with Gasteiger partial charge in [-0.1, -0.05) is 24.8 Å². The first-order valence-corrected chi connectivity index (χ1v) is 10.4. The van der Waals surface area contributed by atoms with Crippen molar-refractivity contribution in [3.05, 3.63) is 39.9 Å². The molecule has 1 atom stereocenters. The molecule has 0 amide bonds. The van der Waals surface area contributed by atoms with E-state index in [4.69, 9.17) is 4.98 Å². The molecule has 0 saturated heterocycles. The highest BCUT2D eigenvalue weighted by atomic mass is 32.2. The van der Waals surface area contributed by atoms with Crippen molar-refractivity contribution >= 4 is 22.8 Å². The molecule has 3 heterocycles. The zero-order valence-corrected chi connectivity index (χ0v) is 16.7. The SMILES string of the molecule is CC[C@]1(O)CCc2ccc(-n3c4nc(SC)ncc4c(=O)n3C(C)C)nc21. The fourth-order valence-electron chi connectivity index (χ4n) is 3.77. The number of pyridine rings is 1. The molecular weight excluding hydrogens is 362 g/mol. The van der Waals surface area contributed by atoms with Gasteiger partial charge in [-0.05, 0) is 51.0 Å². The monoisotopic (exact) mass is 385 g/mol. The molecule has 3 aromatic rings. The van der Waals surface area contributed by atoms with Crippen LogP contribution in [0.5, 0.6) is 0 Å². The number of aryl methyl sites for hydroxylation is 1. The molecule has 8 heteroatoms. The molecule has 0 unspecified atom stereocenters. The fraction of sp³-hybridized carbons (Fsp3) is 0.474. The van der Waals surface area contributed by atoms with E-state index in [9.17, 15) is 9.90 Å². The summed E-state index contributed by atoms with van der Waals surface area (Å²) in [5.74, 6) is 0.592. The Kier molecular flexibility index (Phi) is 4.35. The van der Waals surface area contributed by atoms with Crippen molar-refractivity contribution < 1.29 is 5.11 Å². The molecule has 0 fully saturated rings. The van der Waals surface area contributed by atoms with Crippen molar-refractivity contribution in [1.82, 2.24) is 24.3 Å². The highest BCUT2D eigenvalue weighted by molar-refractivity contribution is 7.98. The number of aromatic nitrogens is 5. The van der Waals surface area contributed by atoms with Crippen molar-refractivity contribution in [2.45, 2.75) is 56.8 Å². The van der Waals surface area contributed by atoms with Crippen molar-refractivity contribution in [2.24, 2.45) is 0 Å². The van der Waals surface area contributed by atoms with Crippen LogP contribution in [0.15, 0.2) is 28.3 Å². The number of fused-ring (bicyclic) bond motifs is 2. The third-order valence-corrected chi connectivity index (χ3v) is 5.85. The molecule has 142 valence electrons. The van der Waals surface area contributed by atoms with Gasteiger partial charge >= 0.3 is 0 Å². The highest BCUT2D eigenvalue weighted by Crippen LogP contribution is 2.38. The Morgan fingerprint density at radius 3 is 2.78 bits per heavy atom. The first-order valence-electron chi connectivity index (χ1n) is 9.17. The molecule has 0 spiro atoms. The maximum Gasteiger partial charge on any atom is 0.278 e. The Balaban J connectivity index is 2.03. The molecule has 0 radical (unpaired) electrons. The van der Waals surface area contributed by atoms with Crippen LogP contribution in [-0.2, 0) is 12.0 Å². The molecule has 1 aliphatic carbocycles. The maximum atomic E-state index is 13.0. The summed E-state index contributed by atoms with van der Waals surface area (Å²) in [6.07, 6.45) is 5.59. The zero-order valence-electron chi connectivity index (χ0n) is 15.9. The lowest BCUT2D eigenvalue weighted by Gasteiger charge is -2.22. The molecule has 27 heavy (non-hydrogen) atoms. The lowest BCUT2D eigenvalue weighted by molar-refractivity contribution is 0.0305. The second-order valence-electron chi connectivity index (χ2n) is 7.21. The average molecular weight is 385 g/mol. The number of thioether (sulfide) groups is 1. The van der Waals surface area contributed by atoms with E-state index >= 15 is 0 Å². The minimum atomic E-state index is -0.906. The first kappa shape index (κ1) is 18.2. The minimum absolute atomic E-state index is 0.0791. The van der Waals surface area contributed by atoms with Crippen molar-refractivity contribution in [1.29, 1.82) is 0 Å². The molecule has 4 rings (SSSR count). The molecule has 1 aliphatic rings. The van der Waals surface area contributed by atoms with E-state index < -0.39 is 5.60 Å². The van der Waals surface area contributed by atoms with E-state index in [2.05, 4.69) is 9.97 Å². The smallest absolute Gasteiger partial charge is 0.278 e.